The lowest BCUT2D eigenvalue weighted by atomic mass is 9.85. The highest BCUT2D eigenvalue weighted by molar-refractivity contribution is 5.98. The Kier molecular flexibility index (Phi) is 6.33. The summed E-state index contributed by atoms with van der Waals surface area (Å²) in [5.74, 6) is 1.01. The Morgan fingerprint density at radius 1 is 0.692 bits per heavy atom. The summed E-state index contributed by atoms with van der Waals surface area (Å²) < 4.78 is 0. The Morgan fingerprint density at radius 3 is 1.38 bits per heavy atom. The summed E-state index contributed by atoms with van der Waals surface area (Å²) in [6.45, 7) is 4.42. The predicted octanol–water partition coefficient (Wildman–Crippen LogP) is 4.30. The second-order valence-electron chi connectivity index (χ2n) is 8.26. The van der Waals surface area contributed by atoms with E-state index in [2.05, 4.69) is 24.5 Å². The van der Waals surface area contributed by atoms with E-state index in [1.807, 2.05) is 0 Å². The molecule has 0 spiro atoms. The fourth-order valence-corrected chi connectivity index (χ4v) is 4.34. The van der Waals surface area contributed by atoms with Crippen LogP contribution < -0.4 is 10.6 Å². The number of carbonyl (C=O) groups is 2. The van der Waals surface area contributed by atoms with Gasteiger partial charge in [0.15, 0.2) is 0 Å². The van der Waals surface area contributed by atoms with Gasteiger partial charge in [-0.15, -0.1) is 0 Å². The standard InChI is InChI=1S/C22H32N2O2/c1-15-7-3-5-9-19(15)23-21(25)17-11-13-18(14-12-17)22(26)24-20-10-6-4-8-16(20)2/h11-16,19-20H,3-10H2,1-2H3,(H,23,25)(H,24,26)/t15-,16-,19+,20+/m0/s1. The number of carbonyl (C=O) groups excluding carboxylic acids is 2. The molecule has 0 radical (unpaired) electrons. The Morgan fingerprint density at radius 2 is 1.04 bits per heavy atom. The average molecular weight is 357 g/mol. The molecule has 0 aromatic heterocycles. The quantitative estimate of drug-likeness (QED) is 0.845. The van der Waals surface area contributed by atoms with Crippen LogP contribution in [-0.2, 0) is 0 Å². The van der Waals surface area contributed by atoms with Crippen LogP contribution >= 0.6 is 0 Å². The third-order valence-electron chi connectivity index (χ3n) is 6.27. The number of hydrogen-bond acceptors (Lipinski definition) is 2. The molecule has 4 nitrogen and oxygen atoms in total. The van der Waals surface area contributed by atoms with E-state index < -0.39 is 0 Å². The van der Waals surface area contributed by atoms with Crippen LogP contribution in [0, 0.1) is 11.8 Å². The number of rotatable bonds is 4. The molecule has 4 heteroatoms. The molecule has 2 saturated carbocycles. The molecule has 2 aliphatic carbocycles. The molecule has 1 aromatic carbocycles. The van der Waals surface area contributed by atoms with Crippen LogP contribution in [0.1, 0.15) is 85.9 Å². The molecule has 0 bridgehead atoms. The molecule has 4 atom stereocenters. The third kappa shape index (κ3) is 4.66. The van der Waals surface area contributed by atoms with Crippen molar-refractivity contribution < 1.29 is 9.59 Å². The van der Waals surface area contributed by atoms with Crippen molar-refractivity contribution in [3.63, 3.8) is 0 Å². The third-order valence-corrected chi connectivity index (χ3v) is 6.27. The molecule has 2 aliphatic rings. The minimum Gasteiger partial charge on any atom is -0.349 e. The maximum absolute atomic E-state index is 12.5. The maximum atomic E-state index is 12.5. The van der Waals surface area contributed by atoms with Crippen molar-refractivity contribution in [1.29, 1.82) is 0 Å². The van der Waals surface area contributed by atoms with Crippen molar-refractivity contribution in [2.24, 2.45) is 11.8 Å². The summed E-state index contributed by atoms with van der Waals surface area (Å²) in [5.41, 5.74) is 1.26. The number of hydrogen-bond donors (Lipinski definition) is 2. The zero-order valence-corrected chi connectivity index (χ0v) is 16.1. The summed E-state index contributed by atoms with van der Waals surface area (Å²) in [6, 6.07) is 7.60. The normalized spacial score (nSPS) is 29.0. The monoisotopic (exact) mass is 356 g/mol. The van der Waals surface area contributed by atoms with E-state index in [0.29, 0.717) is 23.0 Å². The molecule has 2 fully saturated rings. The van der Waals surface area contributed by atoms with Crippen LogP contribution in [0.2, 0.25) is 0 Å². The highest BCUT2D eigenvalue weighted by atomic mass is 16.2. The van der Waals surface area contributed by atoms with Crippen molar-refractivity contribution in [3.05, 3.63) is 35.4 Å². The Labute approximate surface area is 157 Å². The van der Waals surface area contributed by atoms with Gasteiger partial charge in [-0.1, -0.05) is 39.5 Å². The van der Waals surface area contributed by atoms with Gasteiger partial charge in [0.05, 0.1) is 0 Å². The van der Waals surface area contributed by atoms with E-state index in [4.69, 9.17) is 0 Å². The number of nitrogens with one attached hydrogen (secondary N) is 2. The molecule has 0 saturated heterocycles. The van der Waals surface area contributed by atoms with Crippen LogP contribution in [0.25, 0.3) is 0 Å². The van der Waals surface area contributed by atoms with E-state index in [1.54, 1.807) is 24.3 Å². The van der Waals surface area contributed by atoms with Gasteiger partial charge in [-0.2, -0.15) is 0 Å². The first-order chi connectivity index (χ1) is 12.5. The van der Waals surface area contributed by atoms with Crippen LogP contribution in [0.4, 0.5) is 0 Å². The molecule has 3 rings (SSSR count). The molecular formula is C22H32N2O2. The smallest absolute Gasteiger partial charge is 0.251 e. The van der Waals surface area contributed by atoms with Gasteiger partial charge in [0.25, 0.3) is 11.8 Å². The van der Waals surface area contributed by atoms with Crippen LogP contribution in [0.15, 0.2) is 24.3 Å². The molecule has 26 heavy (non-hydrogen) atoms. The van der Waals surface area contributed by atoms with Gasteiger partial charge >= 0.3 is 0 Å². The van der Waals surface area contributed by atoms with Crippen molar-refractivity contribution >= 4 is 11.8 Å². The summed E-state index contributed by atoms with van der Waals surface area (Å²) in [7, 11) is 0. The summed E-state index contributed by atoms with van der Waals surface area (Å²) in [6.07, 6.45) is 9.39. The minimum atomic E-state index is -0.0309. The van der Waals surface area contributed by atoms with Gasteiger partial charge < -0.3 is 10.6 Å². The molecular weight excluding hydrogens is 324 g/mol. The lowest BCUT2D eigenvalue weighted by Gasteiger charge is -2.29. The van der Waals surface area contributed by atoms with Gasteiger partial charge in [-0.3, -0.25) is 9.59 Å². The molecule has 2 amide bonds. The second-order valence-corrected chi connectivity index (χ2v) is 8.26. The summed E-state index contributed by atoms with van der Waals surface area (Å²) in [5, 5.41) is 6.33. The second kappa shape index (κ2) is 8.70. The molecule has 0 heterocycles. The minimum absolute atomic E-state index is 0.0309. The predicted molar refractivity (Wildman–Crippen MR) is 104 cm³/mol. The molecule has 2 N–H and O–H groups in total. The first-order valence-electron chi connectivity index (χ1n) is 10.3. The molecule has 0 unspecified atom stereocenters. The summed E-state index contributed by atoms with van der Waals surface area (Å²) in [4.78, 5) is 25.0. The SMILES string of the molecule is C[C@H]1CCCC[C@H]1NC(=O)c1ccc(C(=O)N[C@@H]2CCCC[C@@H]2C)cc1. The van der Waals surface area contributed by atoms with Gasteiger partial charge in [0.1, 0.15) is 0 Å². The largest absolute Gasteiger partial charge is 0.349 e. The van der Waals surface area contributed by atoms with Crippen molar-refractivity contribution in [2.75, 3.05) is 0 Å². The van der Waals surface area contributed by atoms with E-state index in [1.165, 1.54) is 38.5 Å². The fraction of sp³-hybridized carbons (Fsp3) is 0.636. The van der Waals surface area contributed by atoms with Crippen molar-refractivity contribution in [2.45, 2.75) is 77.3 Å². The van der Waals surface area contributed by atoms with E-state index in [0.717, 1.165) is 12.8 Å². The van der Waals surface area contributed by atoms with Gasteiger partial charge in [-0.05, 0) is 61.8 Å². The molecule has 1 aromatic rings. The average Bonchev–Trinajstić information content (AvgIpc) is 2.65. The first-order valence-corrected chi connectivity index (χ1v) is 10.3. The van der Waals surface area contributed by atoms with Crippen LogP contribution in [0.5, 0.6) is 0 Å². The highest BCUT2D eigenvalue weighted by Crippen LogP contribution is 2.25. The van der Waals surface area contributed by atoms with Crippen LogP contribution in [-0.4, -0.2) is 23.9 Å². The lowest BCUT2D eigenvalue weighted by molar-refractivity contribution is 0.0898. The zero-order valence-electron chi connectivity index (χ0n) is 16.1. The van der Waals surface area contributed by atoms with Crippen molar-refractivity contribution in [3.8, 4) is 0 Å². The first kappa shape index (κ1) is 18.9. The topological polar surface area (TPSA) is 58.2 Å². The number of benzene rings is 1. The van der Waals surface area contributed by atoms with Gasteiger partial charge in [0.2, 0.25) is 0 Å². The molecule has 142 valence electrons. The Bertz CT molecular complexity index is 571. The van der Waals surface area contributed by atoms with E-state index in [9.17, 15) is 9.59 Å². The Hall–Kier alpha value is -1.84. The fourth-order valence-electron chi connectivity index (χ4n) is 4.34. The van der Waals surface area contributed by atoms with E-state index >= 15 is 0 Å². The van der Waals surface area contributed by atoms with Crippen molar-refractivity contribution in [1.82, 2.24) is 10.6 Å². The lowest BCUT2D eigenvalue weighted by Crippen LogP contribution is -2.41. The summed E-state index contributed by atoms with van der Waals surface area (Å²) >= 11 is 0. The van der Waals surface area contributed by atoms with Crippen LogP contribution in [0.3, 0.4) is 0 Å². The van der Waals surface area contributed by atoms with Gasteiger partial charge in [0, 0.05) is 23.2 Å². The van der Waals surface area contributed by atoms with Gasteiger partial charge in [-0.25, -0.2) is 0 Å². The highest BCUT2D eigenvalue weighted by Gasteiger charge is 2.24. The zero-order chi connectivity index (χ0) is 18.5. The molecule has 0 aliphatic heterocycles. The Balaban J connectivity index is 1.57. The number of amides is 2. The van der Waals surface area contributed by atoms with E-state index in [-0.39, 0.29) is 23.9 Å². The maximum Gasteiger partial charge on any atom is 0.251 e.